The fraction of sp³-hybridized carbons (Fsp3) is 0.368. The predicted molar refractivity (Wildman–Crippen MR) is 108 cm³/mol. The first kappa shape index (κ1) is 19.4. The van der Waals surface area contributed by atoms with Gasteiger partial charge in [0.2, 0.25) is 0 Å². The molecule has 0 aliphatic heterocycles. The van der Waals surface area contributed by atoms with Crippen LogP contribution in [0.1, 0.15) is 34.1 Å². The molecule has 148 valence electrons. The van der Waals surface area contributed by atoms with Crippen LogP contribution in [0.25, 0.3) is 16.7 Å². The molecule has 0 fully saturated rings. The topological polar surface area (TPSA) is 106 Å². The zero-order valence-corrected chi connectivity index (χ0v) is 16.5. The molecule has 1 amide bonds. The van der Waals surface area contributed by atoms with Crippen molar-refractivity contribution in [3.63, 3.8) is 0 Å². The van der Waals surface area contributed by atoms with Gasteiger partial charge in [-0.05, 0) is 45.4 Å². The van der Waals surface area contributed by atoms with Crippen molar-refractivity contribution in [3.8, 4) is 5.69 Å². The summed E-state index contributed by atoms with van der Waals surface area (Å²) in [5, 5.41) is 8.47. The minimum absolute atomic E-state index is 0.433. The molecule has 3 N–H and O–H groups in total. The Morgan fingerprint density at radius 1 is 1.25 bits per heavy atom. The lowest BCUT2D eigenvalue weighted by atomic mass is 10.2. The monoisotopic (exact) mass is 383 g/mol. The van der Waals surface area contributed by atoms with Crippen LogP contribution in [-0.2, 0) is 4.74 Å². The highest BCUT2D eigenvalue weighted by molar-refractivity contribution is 5.87. The normalized spacial score (nSPS) is 11.3. The van der Waals surface area contributed by atoms with Crippen molar-refractivity contribution in [2.75, 3.05) is 17.3 Å². The van der Waals surface area contributed by atoms with Crippen molar-refractivity contribution in [2.45, 2.75) is 39.7 Å². The average Bonchev–Trinajstić information content (AvgIpc) is 3.08. The van der Waals surface area contributed by atoms with Gasteiger partial charge in [0, 0.05) is 12.2 Å². The third-order valence-electron chi connectivity index (χ3n) is 3.72. The van der Waals surface area contributed by atoms with Crippen LogP contribution < -0.4 is 16.2 Å². The van der Waals surface area contributed by atoms with Gasteiger partial charge in [0.05, 0.1) is 17.3 Å². The number of nitrogens with zero attached hydrogens (tertiary/aromatic N) is 4. The van der Waals surface area contributed by atoms with Crippen LogP contribution in [0.2, 0.25) is 0 Å². The van der Waals surface area contributed by atoms with E-state index in [1.807, 2.05) is 24.3 Å². The van der Waals surface area contributed by atoms with Gasteiger partial charge in [0.25, 0.3) is 0 Å². The van der Waals surface area contributed by atoms with Crippen LogP contribution in [-0.4, -0.2) is 38.0 Å². The Bertz CT molecular complexity index is 962. The summed E-state index contributed by atoms with van der Waals surface area (Å²) in [6, 6.07) is 7.94. The summed E-state index contributed by atoms with van der Waals surface area (Å²) >= 11 is 0. The number of hydrogen-bond donors (Lipinski definition) is 3. The van der Waals surface area contributed by atoms with Gasteiger partial charge in [0.1, 0.15) is 11.9 Å². The van der Waals surface area contributed by atoms with Crippen molar-refractivity contribution in [2.24, 2.45) is 0 Å². The summed E-state index contributed by atoms with van der Waals surface area (Å²) in [6.07, 6.45) is 3.52. The Morgan fingerprint density at radius 3 is 2.82 bits per heavy atom. The fourth-order valence-electron chi connectivity index (χ4n) is 2.56. The summed E-state index contributed by atoms with van der Waals surface area (Å²) in [5.74, 6) is 0.433. The molecule has 0 radical (unpaired) electrons. The lowest BCUT2D eigenvalue weighted by Gasteiger charge is -2.19. The average molecular weight is 383 g/mol. The van der Waals surface area contributed by atoms with Crippen LogP contribution in [0.15, 0.2) is 36.8 Å². The first-order valence-electron chi connectivity index (χ1n) is 9.15. The van der Waals surface area contributed by atoms with E-state index < -0.39 is 11.7 Å². The summed E-state index contributed by atoms with van der Waals surface area (Å²) in [7, 11) is 0. The van der Waals surface area contributed by atoms with Gasteiger partial charge in [-0.3, -0.25) is 5.43 Å². The zero-order valence-electron chi connectivity index (χ0n) is 16.5. The number of hydrogen-bond acceptors (Lipinski definition) is 7. The van der Waals surface area contributed by atoms with Gasteiger partial charge in [-0.15, -0.1) is 0 Å². The molecule has 9 nitrogen and oxygen atoms in total. The Kier molecular flexibility index (Phi) is 5.62. The van der Waals surface area contributed by atoms with Crippen LogP contribution in [0.5, 0.6) is 0 Å². The summed E-state index contributed by atoms with van der Waals surface area (Å²) in [6.45, 7) is 8.40. The van der Waals surface area contributed by atoms with Crippen LogP contribution in [0.3, 0.4) is 0 Å². The molecule has 0 aliphatic rings. The number of rotatable bonds is 6. The van der Waals surface area contributed by atoms with E-state index in [4.69, 9.17) is 4.74 Å². The standard InChI is InChI=1S/C19H25N7O2/c1-5-9-20-13-7-6-8-14(10-13)26-17-15(11-23-26)16(21-12-22-17)24-25-18(27)28-19(2,3)4/h6-8,10-12,20H,5,9H2,1-4H3,(H,25,27)(H,21,22,24). The number of ether oxygens (including phenoxy) is 1. The van der Waals surface area contributed by atoms with Gasteiger partial charge in [-0.1, -0.05) is 13.0 Å². The molecule has 2 aromatic heterocycles. The van der Waals surface area contributed by atoms with E-state index in [1.165, 1.54) is 6.33 Å². The highest BCUT2D eigenvalue weighted by Crippen LogP contribution is 2.22. The van der Waals surface area contributed by atoms with Crippen molar-refractivity contribution in [3.05, 3.63) is 36.8 Å². The fourth-order valence-corrected chi connectivity index (χ4v) is 2.56. The van der Waals surface area contributed by atoms with Gasteiger partial charge in [0.15, 0.2) is 11.5 Å². The van der Waals surface area contributed by atoms with E-state index in [0.717, 1.165) is 24.3 Å². The number of anilines is 2. The molecule has 28 heavy (non-hydrogen) atoms. The minimum Gasteiger partial charge on any atom is -0.443 e. The van der Waals surface area contributed by atoms with Gasteiger partial charge in [-0.2, -0.15) is 5.10 Å². The second-order valence-corrected chi connectivity index (χ2v) is 7.24. The quantitative estimate of drug-likeness (QED) is 0.559. The molecule has 1 aromatic carbocycles. The summed E-state index contributed by atoms with van der Waals surface area (Å²) in [5.41, 5.74) is 7.18. The third-order valence-corrected chi connectivity index (χ3v) is 3.72. The number of hydrazine groups is 1. The van der Waals surface area contributed by atoms with E-state index in [9.17, 15) is 4.79 Å². The Hall–Kier alpha value is -3.36. The second-order valence-electron chi connectivity index (χ2n) is 7.24. The highest BCUT2D eigenvalue weighted by Gasteiger charge is 2.17. The van der Waals surface area contributed by atoms with Gasteiger partial charge < -0.3 is 10.1 Å². The number of nitrogens with one attached hydrogen (secondary N) is 3. The maximum atomic E-state index is 11.9. The number of carbonyl (C=O) groups is 1. The molecule has 0 saturated heterocycles. The lowest BCUT2D eigenvalue weighted by molar-refractivity contribution is 0.0541. The smallest absolute Gasteiger partial charge is 0.426 e. The molecule has 2 heterocycles. The van der Waals surface area contributed by atoms with E-state index in [-0.39, 0.29) is 0 Å². The van der Waals surface area contributed by atoms with Crippen molar-refractivity contribution >= 4 is 28.6 Å². The minimum atomic E-state index is -0.596. The molecule has 0 bridgehead atoms. The van der Waals surface area contributed by atoms with E-state index in [0.29, 0.717) is 16.9 Å². The van der Waals surface area contributed by atoms with Crippen molar-refractivity contribution in [1.29, 1.82) is 0 Å². The maximum Gasteiger partial charge on any atom is 0.426 e. The predicted octanol–water partition coefficient (Wildman–Crippen LogP) is 3.49. The van der Waals surface area contributed by atoms with Gasteiger partial charge >= 0.3 is 6.09 Å². The largest absolute Gasteiger partial charge is 0.443 e. The van der Waals surface area contributed by atoms with Crippen LogP contribution >= 0.6 is 0 Å². The van der Waals surface area contributed by atoms with E-state index >= 15 is 0 Å². The molecule has 0 spiro atoms. The van der Waals surface area contributed by atoms with Crippen LogP contribution in [0.4, 0.5) is 16.3 Å². The maximum absolute atomic E-state index is 11.9. The molecule has 9 heteroatoms. The SMILES string of the molecule is CCCNc1cccc(-n2ncc3c(NNC(=O)OC(C)(C)C)ncnc32)c1. The van der Waals surface area contributed by atoms with E-state index in [2.05, 4.69) is 38.2 Å². The molecule has 0 saturated carbocycles. The van der Waals surface area contributed by atoms with E-state index in [1.54, 1.807) is 31.6 Å². The highest BCUT2D eigenvalue weighted by atomic mass is 16.6. The van der Waals surface area contributed by atoms with Crippen molar-refractivity contribution in [1.82, 2.24) is 25.2 Å². The number of amides is 1. The first-order chi connectivity index (χ1) is 13.4. The first-order valence-corrected chi connectivity index (χ1v) is 9.15. The molecule has 0 atom stereocenters. The molecule has 3 aromatic rings. The number of benzene rings is 1. The number of aromatic nitrogens is 4. The second kappa shape index (κ2) is 8.12. The molecule has 3 rings (SSSR count). The Morgan fingerprint density at radius 2 is 2.07 bits per heavy atom. The molecule has 0 aliphatic carbocycles. The lowest BCUT2D eigenvalue weighted by Crippen LogP contribution is -2.36. The number of fused-ring (bicyclic) bond motifs is 1. The number of carbonyl (C=O) groups excluding carboxylic acids is 1. The molecular formula is C19H25N7O2. The summed E-state index contributed by atoms with van der Waals surface area (Å²) in [4.78, 5) is 20.4. The van der Waals surface area contributed by atoms with Crippen molar-refractivity contribution < 1.29 is 9.53 Å². The summed E-state index contributed by atoms with van der Waals surface area (Å²) < 4.78 is 6.94. The molecular weight excluding hydrogens is 358 g/mol. The third kappa shape index (κ3) is 4.67. The van der Waals surface area contributed by atoms with Gasteiger partial charge in [-0.25, -0.2) is 24.9 Å². The van der Waals surface area contributed by atoms with Crippen LogP contribution in [0, 0.1) is 0 Å². The Labute approximate surface area is 163 Å². The zero-order chi connectivity index (χ0) is 20.1. The Balaban J connectivity index is 1.82. The molecule has 0 unspecified atom stereocenters.